The van der Waals surface area contributed by atoms with Crippen molar-refractivity contribution in [2.75, 3.05) is 13.1 Å². The van der Waals surface area contributed by atoms with Crippen molar-refractivity contribution in [3.8, 4) is 10.6 Å². The number of hydrogen-bond acceptors (Lipinski definition) is 4. The molecule has 2 aromatic heterocycles. The fourth-order valence-corrected chi connectivity index (χ4v) is 3.37. The molecule has 3 heterocycles. The Labute approximate surface area is 127 Å². The fourth-order valence-electron chi connectivity index (χ4n) is 2.64. The molecule has 1 aliphatic rings. The minimum atomic E-state index is -0.440. The van der Waals surface area contributed by atoms with E-state index >= 15 is 0 Å². The summed E-state index contributed by atoms with van der Waals surface area (Å²) >= 11 is 1.57. The second kappa shape index (κ2) is 5.61. The van der Waals surface area contributed by atoms with E-state index in [4.69, 9.17) is 0 Å². The smallest absolute Gasteiger partial charge is 0.257 e. The van der Waals surface area contributed by atoms with Crippen LogP contribution in [0.5, 0.6) is 0 Å². The number of amides is 1. The summed E-state index contributed by atoms with van der Waals surface area (Å²) in [6, 6.07) is 3.92. The van der Waals surface area contributed by atoms with Crippen molar-refractivity contribution in [1.82, 2.24) is 14.7 Å². The Morgan fingerprint density at radius 3 is 3.00 bits per heavy atom. The van der Waals surface area contributed by atoms with Gasteiger partial charge >= 0.3 is 0 Å². The molecule has 0 aromatic carbocycles. The third-order valence-corrected chi connectivity index (χ3v) is 4.90. The summed E-state index contributed by atoms with van der Waals surface area (Å²) in [7, 11) is 1.82. The van der Waals surface area contributed by atoms with Crippen LogP contribution in [-0.2, 0) is 7.05 Å². The lowest BCUT2D eigenvalue weighted by atomic mass is 9.95. The van der Waals surface area contributed by atoms with Crippen molar-refractivity contribution in [2.45, 2.75) is 19.4 Å². The summed E-state index contributed by atoms with van der Waals surface area (Å²) in [5.74, 6) is 0.206. The van der Waals surface area contributed by atoms with Gasteiger partial charge in [0.25, 0.3) is 5.91 Å². The first kappa shape index (κ1) is 14.3. The van der Waals surface area contributed by atoms with E-state index < -0.39 is 6.10 Å². The minimum absolute atomic E-state index is 0.0440. The van der Waals surface area contributed by atoms with Crippen LogP contribution in [0.25, 0.3) is 10.6 Å². The minimum Gasteiger partial charge on any atom is -0.391 e. The molecule has 0 saturated carbocycles. The van der Waals surface area contributed by atoms with Crippen LogP contribution >= 0.6 is 11.3 Å². The van der Waals surface area contributed by atoms with Gasteiger partial charge in [-0.15, -0.1) is 11.3 Å². The lowest BCUT2D eigenvalue weighted by Gasteiger charge is -2.34. The average molecular weight is 305 g/mol. The molecule has 2 atom stereocenters. The number of likely N-dealkylation sites (tertiary alicyclic amines) is 1. The molecule has 3 rings (SSSR count). The van der Waals surface area contributed by atoms with Crippen molar-refractivity contribution in [2.24, 2.45) is 13.0 Å². The molecule has 1 amide bonds. The summed E-state index contributed by atoms with van der Waals surface area (Å²) < 4.78 is 1.67. The summed E-state index contributed by atoms with van der Waals surface area (Å²) in [5.41, 5.74) is 1.34. The van der Waals surface area contributed by atoms with Crippen molar-refractivity contribution < 1.29 is 9.90 Å². The molecule has 2 unspecified atom stereocenters. The van der Waals surface area contributed by atoms with Gasteiger partial charge in [0.05, 0.1) is 16.5 Å². The van der Waals surface area contributed by atoms with E-state index in [1.807, 2.05) is 31.5 Å². The predicted molar refractivity (Wildman–Crippen MR) is 82.2 cm³/mol. The largest absolute Gasteiger partial charge is 0.391 e. The highest BCUT2D eigenvalue weighted by atomic mass is 32.1. The zero-order valence-corrected chi connectivity index (χ0v) is 13.0. The van der Waals surface area contributed by atoms with Crippen molar-refractivity contribution >= 4 is 17.2 Å². The van der Waals surface area contributed by atoms with Crippen LogP contribution in [0.3, 0.4) is 0 Å². The number of aromatic nitrogens is 2. The highest BCUT2D eigenvalue weighted by molar-refractivity contribution is 7.13. The summed E-state index contributed by atoms with van der Waals surface area (Å²) in [6.07, 6.45) is 2.16. The van der Waals surface area contributed by atoms with Crippen molar-refractivity contribution in [1.29, 1.82) is 0 Å². The maximum Gasteiger partial charge on any atom is 0.257 e. The Hall–Kier alpha value is -1.66. The Balaban J connectivity index is 1.89. The molecule has 0 spiro atoms. The quantitative estimate of drug-likeness (QED) is 0.923. The number of carbonyl (C=O) groups excluding carboxylic acids is 1. The van der Waals surface area contributed by atoms with Gasteiger partial charge in [-0.2, -0.15) is 5.10 Å². The first-order valence-electron chi connectivity index (χ1n) is 7.11. The second-order valence-corrected chi connectivity index (χ2v) is 6.57. The van der Waals surface area contributed by atoms with Crippen LogP contribution in [0, 0.1) is 5.92 Å². The van der Waals surface area contributed by atoms with E-state index in [0.717, 1.165) is 17.0 Å². The highest BCUT2D eigenvalue weighted by Crippen LogP contribution is 2.28. The predicted octanol–water partition coefficient (Wildman–Crippen LogP) is 1.99. The van der Waals surface area contributed by atoms with Crippen LogP contribution in [0.1, 0.15) is 23.7 Å². The number of rotatable bonds is 2. The molecular formula is C15H19N3O2S. The average Bonchev–Trinajstić information content (AvgIpc) is 3.09. The number of aliphatic hydroxyl groups excluding tert-OH is 1. The zero-order valence-electron chi connectivity index (χ0n) is 12.2. The lowest BCUT2D eigenvalue weighted by molar-refractivity contribution is 0.0249. The van der Waals surface area contributed by atoms with Crippen LogP contribution in [0.15, 0.2) is 23.7 Å². The number of thiophene rings is 1. The van der Waals surface area contributed by atoms with Gasteiger partial charge in [-0.3, -0.25) is 9.48 Å². The molecule has 1 fully saturated rings. The van der Waals surface area contributed by atoms with Crippen LogP contribution in [-0.4, -0.2) is 44.9 Å². The maximum absolute atomic E-state index is 12.7. The lowest BCUT2D eigenvalue weighted by Crippen LogP contribution is -2.45. The van der Waals surface area contributed by atoms with Gasteiger partial charge in [0.2, 0.25) is 0 Å². The number of nitrogens with zero attached hydrogens (tertiary/aromatic N) is 3. The van der Waals surface area contributed by atoms with E-state index in [1.54, 1.807) is 27.1 Å². The SMILES string of the molecule is CC1CCN(C(=O)c2cn(C)nc2-c2cccs2)CC1O. The van der Waals surface area contributed by atoms with Gasteiger partial charge in [-0.25, -0.2) is 0 Å². The Bertz CT molecular complexity index is 635. The normalized spacial score (nSPS) is 22.5. The molecule has 21 heavy (non-hydrogen) atoms. The molecule has 2 aromatic rings. The molecule has 0 radical (unpaired) electrons. The maximum atomic E-state index is 12.7. The molecule has 5 nitrogen and oxygen atoms in total. The van der Waals surface area contributed by atoms with Gasteiger partial charge in [0, 0.05) is 26.3 Å². The molecule has 0 bridgehead atoms. The van der Waals surface area contributed by atoms with Crippen LogP contribution in [0.4, 0.5) is 0 Å². The number of hydrogen-bond donors (Lipinski definition) is 1. The molecule has 1 saturated heterocycles. The first-order chi connectivity index (χ1) is 10.1. The van der Waals surface area contributed by atoms with E-state index in [1.165, 1.54) is 0 Å². The van der Waals surface area contributed by atoms with E-state index in [2.05, 4.69) is 5.10 Å². The van der Waals surface area contributed by atoms with Crippen molar-refractivity contribution in [3.63, 3.8) is 0 Å². The zero-order chi connectivity index (χ0) is 15.0. The van der Waals surface area contributed by atoms with Gasteiger partial charge in [-0.05, 0) is 23.8 Å². The number of aliphatic hydroxyl groups is 1. The third kappa shape index (κ3) is 2.73. The number of β-amino-alcohol motifs (C(OH)–C–C–N with tert-alkyl or cyclic N) is 1. The summed E-state index contributed by atoms with van der Waals surface area (Å²) in [4.78, 5) is 15.5. The Kier molecular flexibility index (Phi) is 3.82. The standard InChI is InChI=1S/C15H19N3O2S/c1-10-5-6-18(9-12(10)19)15(20)11-8-17(2)16-14(11)13-4-3-7-21-13/h3-4,7-8,10,12,19H,5-6,9H2,1-2H3. The van der Waals surface area contributed by atoms with Crippen LogP contribution < -0.4 is 0 Å². The number of carbonyl (C=O) groups is 1. The van der Waals surface area contributed by atoms with E-state index in [-0.39, 0.29) is 11.8 Å². The molecule has 6 heteroatoms. The molecule has 112 valence electrons. The molecular weight excluding hydrogens is 286 g/mol. The van der Waals surface area contributed by atoms with Crippen molar-refractivity contribution in [3.05, 3.63) is 29.3 Å². The Morgan fingerprint density at radius 2 is 2.33 bits per heavy atom. The molecule has 1 N–H and O–H groups in total. The Morgan fingerprint density at radius 1 is 1.52 bits per heavy atom. The van der Waals surface area contributed by atoms with E-state index in [0.29, 0.717) is 18.7 Å². The van der Waals surface area contributed by atoms with Gasteiger partial charge in [0.15, 0.2) is 0 Å². The number of piperidine rings is 1. The summed E-state index contributed by atoms with van der Waals surface area (Å²) in [5, 5.41) is 16.4. The summed E-state index contributed by atoms with van der Waals surface area (Å²) in [6.45, 7) is 3.11. The third-order valence-electron chi connectivity index (χ3n) is 4.02. The number of aryl methyl sites for hydroxylation is 1. The topological polar surface area (TPSA) is 58.4 Å². The van der Waals surface area contributed by atoms with Gasteiger partial charge in [0.1, 0.15) is 5.69 Å². The first-order valence-corrected chi connectivity index (χ1v) is 7.99. The van der Waals surface area contributed by atoms with E-state index in [9.17, 15) is 9.90 Å². The second-order valence-electron chi connectivity index (χ2n) is 5.63. The van der Waals surface area contributed by atoms with Gasteiger partial charge in [-0.1, -0.05) is 13.0 Å². The highest BCUT2D eigenvalue weighted by Gasteiger charge is 2.30. The monoisotopic (exact) mass is 305 g/mol. The fraction of sp³-hybridized carbons (Fsp3) is 0.467. The molecule has 1 aliphatic heterocycles. The molecule has 0 aliphatic carbocycles. The van der Waals surface area contributed by atoms with Crippen LogP contribution in [0.2, 0.25) is 0 Å². The van der Waals surface area contributed by atoms with Gasteiger partial charge < -0.3 is 10.0 Å².